The normalized spacial score (nSPS) is 13.8. The lowest BCUT2D eigenvalue weighted by Gasteiger charge is -2.09. The Hall–Kier alpha value is -3.93. The fourth-order valence-corrected chi connectivity index (χ4v) is 3.29. The molecule has 0 unspecified atom stereocenters. The number of aryl methyl sites for hydroxylation is 2. The van der Waals surface area contributed by atoms with E-state index in [1.807, 2.05) is 44.2 Å². The van der Waals surface area contributed by atoms with Gasteiger partial charge in [0, 0.05) is 18.2 Å². The Morgan fingerprint density at radius 2 is 1.83 bits per heavy atom. The number of ether oxygens (including phenoxy) is 2. The Kier molecular flexibility index (Phi) is 5.06. The third-order valence-corrected chi connectivity index (χ3v) is 4.85. The second-order valence-electron chi connectivity index (χ2n) is 7.18. The molecule has 3 aromatic rings. The topological polar surface area (TPSA) is 78.7 Å². The van der Waals surface area contributed by atoms with E-state index in [1.165, 1.54) is 23.8 Å². The van der Waals surface area contributed by atoms with E-state index < -0.39 is 4.92 Å². The summed E-state index contributed by atoms with van der Waals surface area (Å²) in [6.07, 6.45) is 1.52. The molecule has 0 bridgehead atoms. The fourth-order valence-electron chi connectivity index (χ4n) is 3.29. The summed E-state index contributed by atoms with van der Waals surface area (Å²) in [6.45, 7) is 4.26. The summed E-state index contributed by atoms with van der Waals surface area (Å²) in [5.74, 6) is 0.912. The van der Waals surface area contributed by atoms with Crippen molar-refractivity contribution in [3.63, 3.8) is 0 Å². The number of fused-ring (bicyclic) bond motifs is 1. The van der Waals surface area contributed by atoms with Gasteiger partial charge >= 0.3 is 0 Å². The Balaban J connectivity index is 1.56. The van der Waals surface area contributed by atoms with Crippen molar-refractivity contribution in [3.05, 3.63) is 104 Å². The Labute approximate surface area is 173 Å². The summed E-state index contributed by atoms with van der Waals surface area (Å²) < 4.78 is 11.7. The van der Waals surface area contributed by atoms with Crippen LogP contribution in [0.3, 0.4) is 0 Å². The van der Waals surface area contributed by atoms with Crippen LogP contribution in [0.5, 0.6) is 11.5 Å². The summed E-state index contributed by atoms with van der Waals surface area (Å²) in [6, 6.07) is 17.6. The number of nitro benzene ring substituents is 1. The van der Waals surface area contributed by atoms with E-state index in [4.69, 9.17) is 9.47 Å². The maximum Gasteiger partial charge on any atom is 0.270 e. The average Bonchev–Trinajstić information content (AvgIpc) is 3.03. The fraction of sp³-hybridized carbons (Fsp3) is 0.125. The summed E-state index contributed by atoms with van der Waals surface area (Å²) in [7, 11) is 0. The molecule has 0 N–H and O–H groups in total. The molecule has 30 heavy (non-hydrogen) atoms. The molecule has 0 aromatic heterocycles. The van der Waals surface area contributed by atoms with Gasteiger partial charge in [0.05, 0.1) is 10.5 Å². The molecule has 1 aliphatic rings. The van der Waals surface area contributed by atoms with Crippen molar-refractivity contribution in [2.45, 2.75) is 20.5 Å². The first-order valence-electron chi connectivity index (χ1n) is 9.42. The van der Waals surface area contributed by atoms with E-state index in [2.05, 4.69) is 0 Å². The number of hydrogen-bond acceptors (Lipinski definition) is 5. The van der Waals surface area contributed by atoms with Gasteiger partial charge < -0.3 is 9.47 Å². The van der Waals surface area contributed by atoms with Crippen LogP contribution in [0.15, 0.2) is 66.4 Å². The highest BCUT2D eigenvalue weighted by Crippen LogP contribution is 2.37. The number of Topliss-reactive ketones (excluding diaryl/α,β-unsaturated/α-hetero) is 1. The molecule has 6 nitrogen and oxygen atoms in total. The molecule has 0 saturated carbocycles. The Bertz CT molecular complexity index is 1180. The number of carbonyl (C=O) groups excluding carboxylic acids is 1. The minimum absolute atomic E-state index is 0.0460. The van der Waals surface area contributed by atoms with Gasteiger partial charge in [-0.2, -0.15) is 0 Å². The van der Waals surface area contributed by atoms with E-state index in [9.17, 15) is 14.9 Å². The SMILES string of the molecule is Cc1ccc(COc2cc(C)c3c(c2)O/C(=C\c2cccc([N+](=O)[O-])c2)C3=O)cc1. The van der Waals surface area contributed by atoms with Crippen LogP contribution < -0.4 is 9.47 Å². The number of hydrogen-bond donors (Lipinski definition) is 0. The van der Waals surface area contributed by atoms with Gasteiger partial charge in [0.25, 0.3) is 5.69 Å². The first kappa shape index (κ1) is 19.4. The van der Waals surface area contributed by atoms with Gasteiger partial charge in [-0.1, -0.05) is 42.0 Å². The van der Waals surface area contributed by atoms with Gasteiger partial charge in [0.15, 0.2) is 5.76 Å². The maximum absolute atomic E-state index is 12.8. The third kappa shape index (κ3) is 3.93. The summed E-state index contributed by atoms with van der Waals surface area (Å²) in [4.78, 5) is 23.3. The Morgan fingerprint density at radius 3 is 2.57 bits per heavy atom. The van der Waals surface area contributed by atoms with Crippen LogP contribution in [0.25, 0.3) is 6.08 Å². The van der Waals surface area contributed by atoms with Crippen LogP contribution in [-0.4, -0.2) is 10.7 Å². The highest BCUT2D eigenvalue weighted by Gasteiger charge is 2.30. The predicted molar refractivity (Wildman–Crippen MR) is 113 cm³/mol. The first-order valence-corrected chi connectivity index (χ1v) is 9.42. The molecule has 0 fully saturated rings. The zero-order valence-electron chi connectivity index (χ0n) is 16.5. The molecule has 1 heterocycles. The molecular weight excluding hydrogens is 382 g/mol. The molecule has 1 aliphatic heterocycles. The minimum atomic E-state index is -0.476. The number of carbonyl (C=O) groups is 1. The van der Waals surface area contributed by atoms with E-state index in [0.717, 1.165) is 11.1 Å². The second-order valence-corrected chi connectivity index (χ2v) is 7.18. The monoisotopic (exact) mass is 401 g/mol. The second kappa shape index (κ2) is 7.83. The van der Waals surface area contributed by atoms with Crippen molar-refractivity contribution in [3.8, 4) is 11.5 Å². The number of nitrogens with zero attached hydrogens (tertiary/aromatic N) is 1. The summed E-state index contributed by atoms with van der Waals surface area (Å²) in [5.41, 5.74) is 3.93. The van der Waals surface area contributed by atoms with Gasteiger partial charge in [0.1, 0.15) is 18.1 Å². The smallest absolute Gasteiger partial charge is 0.270 e. The lowest BCUT2D eigenvalue weighted by atomic mass is 10.0. The largest absolute Gasteiger partial charge is 0.489 e. The molecular formula is C24H19NO5. The highest BCUT2D eigenvalue weighted by atomic mass is 16.6. The van der Waals surface area contributed by atoms with E-state index in [1.54, 1.807) is 18.2 Å². The number of non-ortho nitro benzene ring substituents is 1. The van der Waals surface area contributed by atoms with Crippen molar-refractivity contribution in [1.82, 2.24) is 0 Å². The van der Waals surface area contributed by atoms with Crippen molar-refractivity contribution >= 4 is 17.5 Å². The van der Waals surface area contributed by atoms with Crippen LogP contribution >= 0.6 is 0 Å². The zero-order valence-corrected chi connectivity index (χ0v) is 16.5. The number of ketones is 1. The zero-order chi connectivity index (χ0) is 21.3. The van der Waals surface area contributed by atoms with E-state index >= 15 is 0 Å². The number of nitro groups is 1. The van der Waals surface area contributed by atoms with Crippen LogP contribution in [-0.2, 0) is 6.61 Å². The number of rotatable bonds is 5. The molecule has 0 atom stereocenters. The maximum atomic E-state index is 12.8. The van der Waals surface area contributed by atoms with Gasteiger partial charge in [-0.3, -0.25) is 14.9 Å². The third-order valence-electron chi connectivity index (χ3n) is 4.85. The number of allylic oxidation sites excluding steroid dienone is 1. The molecule has 0 radical (unpaired) electrons. The lowest BCUT2D eigenvalue weighted by Crippen LogP contribution is -2.00. The molecule has 4 rings (SSSR count). The van der Waals surface area contributed by atoms with Crippen LogP contribution in [0.4, 0.5) is 5.69 Å². The standard InChI is InChI=1S/C24H19NO5/c1-15-6-8-17(9-7-15)14-29-20-10-16(2)23-21(13-20)30-22(24(23)26)12-18-4-3-5-19(11-18)25(27)28/h3-13H,14H2,1-2H3/b22-12-. The van der Waals surface area contributed by atoms with Crippen molar-refractivity contribution < 1.29 is 19.2 Å². The summed E-state index contributed by atoms with van der Waals surface area (Å²) in [5, 5.41) is 11.0. The molecule has 150 valence electrons. The van der Waals surface area contributed by atoms with E-state index in [0.29, 0.717) is 29.2 Å². The van der Waals surface area contributed by atoms with E-state index in [-0.39, 0.29) is 17.2 Å². The van der Waals surface area contributed by atoms with Crippen molar-refractivity contribution in [2.75, 3.05) is 0 Å². The van der Waals surface area contributed by atoms with Gasteiger partial charge in [-0.15, -0.1) is 0 Å². The predicted octanol–water partition coefficient (Wildman–Crippen LogP) is 5.41. The van der Waals surface area contributed by atoms with Crippen molar-refractivity contribution in [2.24, 2.45) is 0 Å². The molecule has 0 spiro atoms. The molecule has 0 aliphatic carbocycles. The van der Waals surface area contributed by atoms with Gasteiger partial charge in [-0.05, 0) is 42.7 Å². The van der Waals surface area contributed by atoms with Crippen molar-refractivity contribution in [1.29, 1.82) is 0 Å². The number of benzene rings is 3. The average molecular weight is 401 g/mol. The quantitative estimate of drug-likeness (QED) is 0.325. The molecule has 0 amide bonds. The summed E-state index contributed by atoms with van der Waals surface area (Å²) >= 11 is 0. The van der Waals surface area contributed by atoms with Gasteiger partial charge in [0.2, 0.25) is 5.78 Å². The van der Waals surface area contributed by atoms with Crippen LogP contribution in [0, 0.1) is 24.0 Å². The molecule has 0 saturated heterocycles. The van der Waals surface area contributed by atoms with Gasteiger partial charge in [-0.25, -0.2) is 0 Å². The first-order chi connectivity index (χ1) is 14.4. The molecule has 3 aromatic carbocycles. The lowest BCUT2D eigenvalue weighted by molar-refractivity contribution is -0.384. The Morgan fingerprint density at radius 1 is 1.07 bits per heavy atom. The highest BCUT2D eigenvalue weighted by molar-refractivity contribution is 6.15. The van der Waals surface area contributed by atoms with Crippen LogP contribution in [0.2, 0.25) is 0 Å². The minimum Gasteiger partial charge on any atom is -0.489 e. The molecule has 6 heteroatoms. The van der Waals surface area contributed by atoms with Crippen LogP contribution in [0.1, 0.15) is 32.6 Å².